The highest BCUT2D eigenvalue weighted by Gasteiger charge is 2.50. The third kappa shape index (κ3) is 11.0. The van der Waals surface area contributed by atoms with Gasteiger partial charge in [0.1, 0.15) is 54.2 Å². The van der Waals surface area contributed by atoms with Gasteiger partial charge in [0.25, 0.3) is 0 Å². The molecule has 5 rings (SSSR count). The Labute approximate surface area is 372 Å². The molecule has 3 amide bonds. The molecular formula is C40H48N4O18S2. The Morgan fingerprint density at radius 3 is 2.39 bits per heavy atom. The summed E-state index contributed by atoms with van der Waals surface area (Å²) in [6.45, 7) is 1.69. The van der Waals surface area contributed by atoms with Crippen LogP contribution in [0.4, 0.5) is 4.79 Å². The lowest BCUT2D eigenvalue weighted by atomic mass is 9.72. The average Bonchev–Trinajstić information content (AvgIpc) is 3.24. The number of aliphatic hydroxyl groups excluding tert-OH is 1. The van der Waals surface area contributed by atoms with Gasteiger partial charge in [0, 0.05) is 53.9 Å². The maximum absolute atomic E-state index is 13.9. The number of fused-ring (bicyclic) bond motifs is 3. The number of Topliss-reactive ketones (excluding diaryl/α,β-unsaturated/α-hetero) is 1. The van der Waals surface area contributed by atoms with Crippen molar-refractivity contribution in [1.29, 1.82) is 0 Å². The van der Waals surface area contributed by atoms with Crippen molar-refractivity contribution in [2.45, 2.75) is 94.3 Å². The molecule has 1 saturated heterocycles. The number of nitrogens with one attached hydrogen (secondary N) is 3. The normalized spacial score (nSPS) is 23.3. The van der Waals surface area contributed by atoms with Crippen LogP contribution in [-0.4, -0.2) is 152 Å². The van der Waals surface area contributed by atoms with Gasteiger partial charge in [0.2, 0.25) is 17.6 Å². The molecule has 2 aliphatic carbocycles. The van der Waals surface area contributed by atoms with Gasteiger partial charge in [0.05, 0.1) is 42.0 Å². The molecule has 0 radical (unpaired) electrons. The van der Waals surface area contributed by atoms with Crippen LogP contribution in [0, 0.1) is 0 Å². The predicted octanol–water partition coefficient (Wildman–Crippen LogP) is 0.0555. The van der Waals surface area contributed by atoms with E-state index in [1.165, 1.54) is 32.2 Å². The first-order valence-corrected chi connectivity index (χ1v) is 22.2. The fraction of sp³-hybridized carbons (Fsp3) is 0.500. The van der Waals surface area contributed by atoms with Crippen molar-refractivity contribution in [3.8, 4) is 17.2 Å². The number of carbonyl (C=O) groups is 8. The van der Waals surface area contributed by atoms with Gasteiger partial charge in [-0.2, -0.15) is 0 Å². The first-order valence-electron chi connectivity index (χ1n) is 19.7. The summed E-state index contributed by atoms with van der Waals surface area (Å²) >= 11 is 0. The fourth-order valence-corrected chi connectivity index (χ4v) is 9.44. The van der Waals surface area contributed by atoms with Crippen molar-refractivity contribution >= 4 is 68.8 Å². The minimum absolute atomic E-state index is 0.0441. The minimum atomic E-state index is -2.17. The van der Waals surface area contributed by atoms with Crippen molar-refractivity contribution in [1.82, 2.24) is 16.0 Å². The number of phenols is 2. The fourth-order valence-electron chi connectivity index (χ4n) is 7.45. The Bertz CT molecular complexity index is 2210. The molecular weight excluding hydrogens is 889 g/mol. The second kappa shape index (κ2) is 21.0. The highest BCUT2D eigenvalue weighted by molar-refractivity contribution is 8.76. The van der Waals surface area contributed by atoms with Crippen LogP contribution < -0.4 is 26.4 Å². The number of carboxylic acids is 2. The van der Waals surface area contributed by atoms with E-state index in [0.717, 1.165) is 28.5 Å². The molecule has 0 aromatic heterocycles. The summed E-state index contributed by atoms with van der Waals surface area (Å²) in [5, 5.41) is 70.8. The molecule has 2 aromatic rings. The second-order valence-electron chi connectivity index (χ2n) is 15.2. The molecule has 348 valence electrons. The maximum atomic E-state index is 13.9. The standard InChI is InChI=1S/C40H48N4O18S2/c1-16-32(49)21(44-39(57)60-9-10-63-64-15-22(37(54)42-14-26(47)48)43-25(46)8-7-20(41)38(55)56)11-27(61-16)62-24-13-40(58,17(2)45)12-19-29(24)36(53)31-30(34(19)51)33(50)18-5-4-6-23(59-3)28(18)35(31)52/h4-6,16,20-22,24,27,32,49,51,53,58H,7-15,41H2,1-3H3,(H,42,54)(H,43,46)(H,44,57)(H,47,48)(H,55,56)/t16-,20-,21-,22?,24-,27-,32-,40-/m0/s1. The first kappa shape index (κ1) is 49.5. The highest BCUT2D eigenvalue weighted by atomic mass is 33.1. The van der Waals surface area contributed by atoms with E-state index in [1.54, 1.807) is 0 Å². The number of nitrogens with two attached hydrogens (primary N) is 1. The van der Waals surface area contributed by atoms with Crippen molar-refractivity contribution < 1.29 is 87.9 Å². The van der Waals surface area contributed by atoms with Gasteiger partial charge in [-0.15, -0.1) is 0 Å². The van der Waals surface area contributed by atoms with Crippen LogP contribution in [0.25, 0.3) is 0 Å². The molecule has 0 spiro atoms. The lowest BCUT2D eigenvalue weighted by molar-refractivity contribution is -0.249. The SMILES string of the molecule is COc1cccc2c1C(=O)c1c(O)c3c(c(O)c1C2=O)C[C@@](O)(C(C)=O)C[C@@H]3O[C@H]1C[C@H](NC(=O)OCCSSCC(NC(=O)CC[C@H](N)C(=O)O)C(=O)NCC(=O)O)[C@@H](O)[C@H](C)O1. The van der Waals surface area contributed by atoms with Crippen LogP contribution >= 0.6 is 21.6 Å². The Hall–Kier alpha value is -5.50. The molecule has 24 heteroatoms. The number of methoxy groups -OCH3 is 1. The molecule has 11 N–H and O–H groups in total. The van der Waals surface area contributed by atoms with Crippen LogP contribution in [-0.2, 0) is 44.6 Å². The Kier molecular flexibility index (Phi) is 16.2. The average molecular weight is 937 g/mol. The first-order chi connectivity index (χ1) is 30.2. The third-order valence-corrected chi connectivity index (χ3v) is 13.2. The third-order valence-electron chi connectivity index (χ3n) is 10.8. The molecule has 3 aliphatic rings. The van der Waals surface area contributed by atoms with Crippen LogP contribution in [0.1, 0.15) is 88.6 Å². The largest absolute Gasteiger partial charge is 0.507 e. The van der Waals surface area contributed by atoms with Gasteiger partial charge in [-0.3, -0.25) is 33.6 Å². The number of aliphatic carboxylic acids is 2. The van der Waals surface area contributed by atoms with Crippen LogP contribution in [0.2, 0.25) is 0 Å². The number of benzene rings is 2. The van der Waals surface area contributed by atoms with E-state index in [-0.39, 0.29) is 65.4 Å². The van der Waals surface area contributed by atoms with Crippen molar-refractivity contribution in [2.75, 3.05) is 31.8 Å². The number of amides is 3. The molecule has 0 saturated carbocycles. The molecule has 22 nitrogen and oxygen atoms in total. The number of aromatic hydroxyl groups is 2. The number of carboxylic acid groups (broad SMARTS) is 2. The second-order valence-corrected chi connectivity index (χ2v) is 17.8. The van der Waals surface area contributed by atoms with Crippen molar-refractivity contribution in [3.05, 3.63) is 51.6 Å². The van der Waals surface area contributed by atoms with E-state index in [2.05, 4.69) is 16.0 Å². The molecule has 1 aliphatic heterocycles. The molecule has 64 heavy (non-hydrogen) atoms. The van der Waals surface area contributed by atoms with Crippen LogP contribution in [0.15, 0.2) is 18.2 Å². The minimum Gasteiger partial charge on any atom is -0.507 e. The number of aliphatic hydroxyl groups is 2. The van der Waals surface area contributed by atoms with Crippen molar-refractivity contribution in [2.24, 2.45) is 5.73 Å². The van der Waals surface area contributed by atoms with Gasteiger partial charge < -0.3 is 71.3 Å². The number of hydrogen-bond acceptors (Lipinski definition) is 19. The van der Waals surface area contributed by atoms with Gasteiger partial charge in [-0.05, 0) is 26.3 Å². The van der Waals surface area contributed by atoms with Crippen LogP contribution in [0.3, 0.4) is 0 Å². The molecule has 1 fully saturated rings. The number of carbonyl (C=O) groups excluding carboxylic acids is 6. The highest BCUT2D eigenvalue weighted by Crippen LogP contribution is 2.52. The summed E-state index contributed by atoms with van der Waals surface area (Å²) in [7, 11) is 3.51. The van der Waals surface area contributed by atoms with Gasteiger partial charge >= 0.3 is 18.0 Å². The number of ketones is 3. The van der Waals surface area contributed by atoms with E-state index in [4.69, 9.17) is 34.9 Å². The molecule has 1 heterocycles. The van der Waals surface area contributed by atoms with Gasteiger partial charge in [0.15, 0.2) is 17.9 Å². The Morgan fingerprint density at radius 1 is 1.03 bits per heavy atom. The zero-order valence-corrected chi connectivity index (χ0v) is 36.2. The van der Waals surface area contributed by atoms with E-state index in [9.17, 15) is 58.8 Å². The summed E-state index contributed by atoms with van der Waals surface area (Å²) in [6.07, 6.45) is -7.78. The predicted molar refractivity (Wildman–Crippen MR) is 223 cm³/mol. The summed E-state index contributed by atoms with van der Waals surface area (Å²) in [6, 6.07) is 0.714. The molecule has 8 atom stereocenters. The quantitative estimate of drug-likeness (QED) is 0.0431. The maximum Gasteiger partial charge on any atom is 0.407 e. The number of ether oxygens (including phenoxy) is 4. The van der Waals surface area contributed by atoms with Crippen molar-refractivity contribution in [3.63, 3.8) is 0 Å². The van der Waals surface area contributed by atoms with E-state index in [0.29, 0.717) is 0 Å². The number of alkyl carbamates (subject to hydrolysis) is 1. The lowest BCUT2D eigenvalue weighted by Crippen LogP contribution is -2.55. The molecule has 1 unspecified atom stereocenters. The number of hydrogen-bond donors (Lipinski definition) is 10. The monoisotopic (exact) mass is 936 g/mol. The number of phenolic OH excluding ortho intramolecular Hbond substituents is 2. The Morgan fingerprint density at radius 2 is 1.73 bits per heavy atom. The smallest absolute Gasteiger partial charge is 0.407 e. The summed E-state index contributed by atoms with van der Waals surface area (Å²) in [5.74, 6) is -7.81. The topological polar surface area (TPSA) is 357 Å². The molecule has 0 bridgehead atoms. The van der Waals surface area contributed by atoms with Gasteiger partial charge in [-0.25, -0.2) is 4.79 Å². The zero-order valence-electron chi connectivity index (χ0n) is 34.6. The zero-order chi connectivity index (χ0) is 47.2. The summed E-state index contributed by atoms with van der Waals surface area (Å²) in [5.41, 5.74) is 1.57. The van der Waals surface area contributed by atoms with E-state index in [1.807, 2.05) is 0 Å². The summed E-state index contributed by atoms with van der Waals surface area (Å²) in [4.78, 5) is 100. The van der Waals surface area contributed by atoms with E-state index < -0.39 is 138 Å². The number of rotatable bonds is 19. The summed E-state index contributed by atoms with van der Waals surface area (Å²) < 4.78 is 22.7. The lowest BCUT2D eigenvalue weighted by Gasteiger charge is -2.42. The molecule has 2 aromatic carbocycles. The van der Waals surface area contributed by atoms with Crippen LogP contribution in [0.5, 0.6) is 17.2 Å². The van der Waals surface area contributed by atoms with Gasteiger partial charge in [-0.1, -0.05) is 33.7 Å². The van der Waals surface area contributed by atoms with E-state index >= 15 is 0 Å². The Balaban J connectivity index is 1.22.